The van der Waals surface area contributed by atoms with Gasteiger partial charge >= 0.3 is 0 Å². The van der Waals surface area contributed by atoms with Gasteiger partial charge in [-0.3, -0.25) is 4.79 Å². The standard InChI is InChI=1S/C15H12Cl2FNO2/c16-10-6-4-9(5-7-10)13(20)8-19-15(21)11-2-1-3-12(18)14(11)17/h1-7,13,20H,8H2,(H,19,21). The van der Waals surface area contributed by atoms with Crippen LogP contribution in [-0.2, 0) is 0 Å². The van der Waals surface area contributed by atoms with Gasteiger partial charge in [-0.2, -0.15) is 0 Å². The normalized spacial score (nSPS) is 12.0. The van der Waals surface area contributed by atoms with Crippen LogP contribution in [0.5, 0.6) is 0 Å². The number of carbonyl (C=O) groups is 1. The van der Waals surface area contributed by atoms with Crippen molar-refractivity contribution in [1.82, 2.24) is 5.32 Å². The molecule has 2 rings (SSSR count). The van der Waals surface area contributed by atoms with E-state index in [1.165, 1.54) is 18.2 Å². The second kappa shape index (κ2) is 6.89. The maximum atomic E-state index is 13.3. The minimum absolute atomic E-state index is 0.0205. The van der Waals surface area contributed by atoms with Crippen molar-refractivity contribution in [3.05, 3.63) is 69.5 Å². The second-order valence-electron chi connectivity index (χ2n) is 4.38. The summed E-state index contributed by atoms with van der Waals surface area (Å²) in [6.45, 7) is -0.0205. The molecule has 1 atom stereocenters. The number of hydrogen-bond donors (Lipinski definition) is 2. The van der Waals surface area contributed by atoms with Crippen LogP contribution < -0.4 is 5.32 Å². The predicted octanol–water partition coefficient (Wildman–Crippen LogP) is 3.60. The quantitative estimate of drug-likeness (QED) is 0.901. The van der Waals surface area contributed by atoms with Crippen molar-refractivity contribution in [3.8, 4) is 0 Å². The van der Waals surface area contributed by atoms with Gasteiger partial charge in [-0.25, -0.2) is 4.39 Å². The Morgan fingerprint density at radius 2 is 1.86 bits per heavy atom. The highest BCUT2D eigenvalue weighted by Crippen LogP contribution is 2.20. The lowest BCUT2D eigenvalue weighted by molar-refractivity contribution is 0.0916. The van der Waals surface area contributed by atoms with E-state index in [-0.39, 0.29) is 17.1 Å². The third kappa shape index (κ3) is 3.94. The molecule has 0 saturated heterocycles. The van der Waals surface area contributed by atoms with Crippen molar-refractivity contribution in [2.75, 3.05) is 6.54 Å². The minimum Gasteiger partial charge on any atom is -0.387 e. The molecule has 0 aromatic heterocycles. The number of halogens is 3. The first kappa shape index (κ1) is 15.8. The Labute approximate surface area is 131 Å². The van der Waals surface area contributed by atoms with Crippen LogP contribution in [0.4, 0.5) is 4.39 Å². The van der Waals surface area contributed by atoms with Gasteiger partial charge in [0.15, 0.2) is 0 Å². The van der Waals surface area contributed by atoms with Crippen LogP contribution in [-0.4, -0.2) is 17.6 Å². The first-order valence-electron chi connectivity index (χ1n) is 6.15. The van der Waals surface area contributed by atoms with Gasteiger partial charge in [-0.15, -0.1) is 0 Å². The van der Waals surface area contributed by atoms with E-state index >= 15 is 0 Å². The minimum atomic E-state index is -0.890. The zero-order chi connectivity index (χ0) is 15.4. The van der Waals surface area contributed by atoms with Crippen molar-refractivity contribution in [2.24, 2.45) is 0 Å². The molecule has 1 amide bonds. The van der Waals surface area contributed by atoms with Crippen LogP contribution in [0.1, 0.15) is 22.0 Å². The summed E-state index contributed by atoms with van der Waals surface area (Å²) >= 11 is 11.5. The summed E-state index contributed by atoms with van der Waals surface area (Å²) in [7, 11) is 0. The molecule has 6 heteroatoms. The lowest BCUT2D eigenvalue weighted by Crippen LogP contribution is -2.28. The molecule has 0 aliphatic heterocycles. The number of hydrogen-bond acceptors (Lipinski definition) is 2. The summed E-state index contributed by atoms with van der Waals surface area (Å²) in [6, 6.07) is 10.6. The highest BCUT2D eigenvalue weighted by Gasteiger charge is 2.15. The fraction of sp³-hybridized carbons (Fsp3) is 0.133. The van der Waals surface area contributed by atoms with Crippen molar-refractivity contribution in [2.45, 2.75) is 6.10 Å². The largest absolute Gasteiger partial charge is 0.387 e. The molecule has 0 aliphatic carbocycles. The van der Waals surface area contributed by atoms with Crippen molar-refractivity contribution >= 4 is 29.1 Å². The number of carbonyl (C=O) groups excluding carboxylic acids is 1. The molecule has 0 fully saturated rings. The Morgan fingerprint density at radius 1 is 1.19 bits per heavy atom. The fourth-order valence-electron chi connectivity index (χ4n) is 1.77. The first-order valence-corrected chi connectivity index (χ1v) is 6.90. The van der Waals surface area contributed by atoms with Crippen LogP contribution in [0.15, 0.2) is 42.5 Å². The molecule has 0 radical (unpaired) electrons. The van der Waals surface area contributed by atoms with E-state index in [2.05, 4.69) is 5.32 Å². The Hall–Kier alpha value is -1.62. The van der Waals surface area contributed by atoms with E-state index in [0.29, 0.717) is 10.6 Å². The van der Waals surface area contributed by atoms with Crippen LogP contribution >= 0.6 is 23.2 Å². The zero-order valence-corrected chi connectivity index (χ0v) is 12.3. The summed E-state index contributed by atoms with van der Waals surface area (Å²) in [6.07, 6.45) is -0.890. The third-order valence-corrected chi connectivity index (χ3v) is 3.54. The van der Waals surface area contributed by atoms with Crippen molar-refractivity contribution in [3.63, 3.8) is 0 Å². The number of benzene rings is 2. The molecule has 2 aromatic carbocycles. The lowest BCUT2D eigenvalue weighted by atomic mass is 10.1. The summed E-state index contributed by atoms with van der Waals surface area (Å²) in [5, 5.41) is 12.8. The molecule has 2 N–H and O–H groups in total. The lowest BCUT2D eigenvalue weighted by Gasteiger charge is -2.13. The summed E-state index contributed by atoms with van der Waals surface area (Å²) in [4.78, 5) is 11.9. The molecule has 0 bridgehead atoms. The number of rotatable bonds is 4. The number of aliphatic hydroxyl groups is 1. The van der Waals surface area contributed by atoms with E-state index in [1.807, 2.05) is 0 Å². The molecule has 21 heavy (non-hydrogen) atoms. The van der Waals surface area contributed by atoms with Crippen LogP contribution in [0, 0.1) is 5.82 Å². The van der Waals surface area contributed by atoms with Gasteiger partial charge in [-0.05, 0) is 29.8 Å². The van der Waals surface area contributed by atoms with Crippen LogP contribution in [0.25, 0.3) is 0 Å². The summed E-state index contributed by atoms with van der Waals surface area (Å²) < 4.78 is 13.3. The summed E-state index contributed by atoms with van der Waals surface area (Å²) in [5.41, 5.74) is 0.644. The van der Waals surface area contributed by atoms with Gasteiger partial charge in [-0.1, -0.05) is 41.4 Å². The van der Waals surface area contributed by atoms with E-state index in [9.17, 15) is 14.3 Å². The number of nitrogens with one attached hydrogen (secondary N) is 1. The number of amides is 1. The average molecular weight is 328 g/mol. The second-order valence-corrected chi connectivity index (χ2v) is 5.19. The van der Waals surface area contributed by atoms with Gasteiger partial charge in [0, 0.05) is 11.6 Å². The maximum absolute atomic E-state index is 13.3. The Kier molecular flexibility index (Phi) is 5.17. The van der Waals surface area contributed by atoms with E-state index < -0.39 is 17.8 Å². The monoisotopic (exact) mass is 327 g/mol. The van der Waals surface area contributed by atoms with E-state index in [1.54, 1.807) is 24.3 Å². The van der Waals surface area contributed by atoms with Crippen molar-refractivity contribution < 1.29 is 14.3 Å². The van der Waals surface area contributed by atoms with E-state index in [4.69, 9.17) is 23.2 Å². The van der Waals surface area contributed by atoms with Gasteiger partial charge in [0.05, 0.1) is 16.7 Å². The Morgan fingerprint density at radius 3 is 2.52 bits per heavy atom. The highest BCUT2D eigenvalue weighted by atomic mass is 35.5. The van der Waals surface area contributed by atoms with Crippen LogP contribution in [0.2, 0.25) is 10.0 Å². The smallest absolute Gasteiger partial charge is 0.253 e. The first-order chi connectivity index (χ1) is 9.99. The van der Waals surface area contributed by atoms with Crippen molar-refractivity contribution in [1.29, 1.82) is 0 Å². The van der Waals surface area contributed by atoms with E-state index in [0.717, 1.165) is 0 Å². The topological polar surface area (TPSA) is 49.3 Å². The van der Waals surface area contributed by atoms with Gasteiger partial charge in [0.1, 0.15) is 5.82 Å². The third-order valence-electron chi connectivity index (χ3n) is 2.91. The zero-order valence-electron chi connectivity index (χ0n) is 10.8. The molecule has 3 nitrogen and oxygen atoms in total. The molecule has 0 heterocycles. The molecule has 0 aliphatic rings. The number of aliphatic hydroxyl groups excluding tert-OH is 1. The maximum Gasteiger partial charge on any atom is 0.253 e. The predicted molar refractivity (Wildman–Crippen MR) is 80.2 cm³/mol. The van der Waals surface area contributed by atoms with Gasteiger partial charge < -0.3 is 10.4 Å². The molecule has 0 saturated carbocycles. The molecule has 2 aromatic rings. The molecular formula is C15H12Cl2FNO2. The van der Waals surface area contributed by atoms with Gasteiger partial charge in [0.2, 0.25) is 0 Å². The summed E-state index contributed by atoms with van der Waals surface area (Å²) in [5.74, 6) is -1.21. The highest BCUT2D eigenvalue weighted by molar-refractivity contribution is 6.34. The van der Waals surface area contributed by atoms with Gasteiger partial charge in [0.25, 0.3) is 5.91 Å². The average Bonchev–Trinajstić information content (AvgIpc) is 2.48. The molecule has 0 spiro atoms. The Bertz CT molecular complexity index is 647. The molecular weight excluding hydrogens is 316 g/mol. The SMILES string of the molecule is O=C(NCC(O)c1ccc(Cl)cc1)c1cccc(F)c1Cl. The molecule has 110 valence electrons. The molecule has 1 unspecified atom stereocenters. The Balaban J connectivity index is 2.00. The van der Waals surface area contributed by atoms with Crippen LogP contribution in [0.3, 0.4) is 0 Å². The fourth-order valence-corrected chi connectivity index (χ4v) is 2.10.